The fourth-order valence-electron chi connectivity index (χ4n) is 5.29. The summed E-state index contributed by atoms with van der Waals surface area (Å²) in [6, 6.07) is 15.1. The molecular formula is C31H38N4O5. The number of carbonyl (C=O) groups excluding carboxylic acids is 2. The van der Waals surface area contributed by atoms with E-state index in [1.165, 1.54) is 4.57 Å². The number of likely N-dealkylation sites (N-methyl/N-ethyl adjacent to an activating group) is 1. The molecule has 0 radical (unpaired) electrons. The fourth-order valence-corrected chi connectivity index (χ4v) is 5.29. The first kappa shape index (κ1) is 27.8. The van der Waals surface area contributed by atoms with Crippen molar-refractivity contribution in [1.29, 1.82) is 0 Å². The lowest BCUT2D eigenvalue weighted by molar-refractivity contribution is -0.149. The van der Waals surface area contributed by atoms with E-state index in [4.69, 9.17) is 14.5 Å². The van der Waals surface area contributed by atoms with E-state index in [2.05, 4.69) is 4.90 Å². The summed E-state index contributed by atoms with van der Waals surface area (Å²) in [6.07, 6.45) is 4.50. The summed E-state index contributed by atoms with van der Waals surface area (Å²) in [6.45, 7) is 5.36. The highest BCUT2D eigenvalue weighted by Gasteiger charge is 2.30. The van der Waals surface area contributed by atoms with Crippen LogP contribution in [0.25, 0.3) is 22.3 Å². The van der Waals surface area contributed by atoms with Gasteiger partial charge in [0, 0.05) is 25.2 Å². The first-order valence-electron chi connectivity index (χ1n) is 14.3. The molecule has 2 aromatic carbocycles. The fraction of sp³-hybridized carbons (Fsp3) is 0.484. The number of ether oxygens (including phenoxy) is 2. The van der Waals surface area contributed by atoms with Crippen LogP contribution < -0.4 is 10.3 Å². The van der Waals surface area contributed by atoms with E-state index in [9.17, 15) is 14.4 Å². The van der Waals surface area contributed by atoms with Crippen molar-refractivity contribution >= 4 is 22.8 Å². The Morgan fingerprint density at radius 2 is 1.80 bits per heavy atom. The van der Waals surface area contributed by atoms with Crippen molar-refractivity contribution in [1.82, 2.24) is 19.4 Å². The molecule has 1 amide bonds. The molecule has 2 heterocycles. The lowest BCUT2D eigenvalue weighted by Gasteiger charge is -2.30. The largest absolute Gasteiger partial charge is 0.494 e. The van der Waals surface area contributed by atoms with Crippen molar-refractivity contribution in [3.05, 3.63) is 58.9 Å². The van der Waals surface area contributed by atoms with Crippen molar-refractivity contribution in [2.75, 3.05) is 39.9 Å². The number of benzene rings is 2. The molecule has 3 aromatic rings. The van der Waals surface area contributed by atoms with E-state index in [0.29, 0.717) is 35.7 Å². The molecule has 1 aliphatic heterocycles. The molecule has 5 rings (SSSR count). The Labute approximate surface area is 234 Å². The maximum Gasteiger partial charge on any atom is 0.309 e. The van der Waals surface area contributed by atoms with Crippen LogP contribution in [0, 0.1) is 5.92 Å². The van der Waals surface area contributed by atoms with Gasteiger partial charge in [-0.05, 0) is 70.3 Å². The Morgan fingerprint density at radius 3 is 2.50 bits per heavy atom. The second-order valence-electron chi connectivity index (χ2n) is 10.7. The number of fused-ring (bicyclic) bond motifs is 1. The summed E-state index contributed by atoms with van der Waals surface area (Å²) in [5.41, 5.74) is 1.10. The molecule has 2 aliphatic rings. The van der Waals surface area contributed by atoms with E-state index in [0.717, 1.165) is 57.3 Å². The number of piperidine rings is 1. The summed E-state index contributed by atoms with van der Waals surface area (Å²) >= 11 is 0. The third kappa shape index (κ3) is 6.53. The van der Waals surface area contributed by atoms with Crippen LogP contribution in [0.4, 0.5) is 0 Å². The van der Waals surface area contributed by atoms with E-state index in [-0.39, 0.29) is 35.9 Å². The summed E-state index contributed by atoms with van der Waals surface area (Å²) in [7, 11) is 1.80. The summed E-state index contributed by atoms with van der Waals surface area (Å²) in [5, 5.41) is 0.431. The summed E-state index contributed by atoms with van der Waals surface area (Å²) < 4.78 is 12.7. The number of hydrogen-bond donors (Lipinski definition) is 0. The predicted octanol–water partition coefficient (Wildman–Crippen LogP) is 3.73. The standard InChI is InChI=1S/C31H38N4O5/c1-3-39-31(38)23-14-17-34(18-15-23)16-7-19-40-25-12-13-27-26(20-25)30(37)35(21-28(36)33(2)24-10-11-24)29(32-27)22-8-5-4-6-9-22/h4-6,8-9,12-13,20,23-24H,3,7,10-11,14-19,21H2,1-2H3. The van der Waals surface area contributed by atoms with Crippen molar-refractivity contribution in [3.63, 3.8) is 0 Å². The van der Waals surface area contributed by atoms with Gasteiger partial charge in [-0.1, -0.05) is 30.3 Å². The molecule has 212 valence electrons. The SMILES string of the molecule is CCOC(=O)C1CCN(CCCOc2ccc3nc(-c4ccccc4)n(CC(=O)N(C)C4CC4)c(=O)c3c2)CC1. The molecule has 1 aliphatic carbocycles. The van der Waals surface area contributed by atoms with Gasteiger partial charge < -0.3 is 19.3 Å². The lowest BCUT2D eigenvalue weighted by Crippen LogP contribution is -2.37. The topological polar surface area (TPSA) is 94.0 Å². The number of nitrogens with zero attached hydrogens (tertiary/aromatic N) is 4. The minimum absolute atomic E-state index is 0.00881. The zero-order valence-electron chi connectivity index (χ0n) is 23.4. The summed E-state index contributed by atoms with van der Waals surface area (Å²) in [4.78, 5) is 47.6. The van der Waals surface area contributed by atoms with Gasteiger partial charge in [0.1, 0.15) is 18.1 Å². The van der Waals surface area contributed by atoms with Gasteiger partial charge >= 0.3 is 5.97 Å². The third-order valence-corrected chi connectivity index (χ3v) is 7.83. The smallest absolute Gasteiger partial charge is 0.309 e. The van der Waals surface area contributed by atoms with E-state index >= 15 is 0 Å². The van der Waals surface area contributed by atoms with Crippen LogP contribution in [-0.2, 0) is 20.9 Å². The lowest BCUT2D eigenvalue weighted by atomic mass is 9.97. The average molecular weight is 547 g/mol. The Hall–Kier alpha value is -3.72. The number of hydrogen-bond acceptors (Lipinski definition) is 7. The quantitative estimate of drug-likeness (QED) is 0.267. The summed E-state index contributed by atoms with van der Waals surface area (Å²) in [5.74, 6) is 0.922. The molecule has 0 atom stereocenters. The Bertz CT molecular complexity index is 1390. The molecular weight excluding hydrogens is 508 g/mol. The van der Waals surface area contributed by atoms with Crippen LogP contribution in [0.5, 0.6) is 5.75 Å². The Balaban J connectivity index is 1.26. The number of esters is 1. The van der Waals surface area contributed by atoms with Crippen molar-refractivity contribution in [3.8, 4) is 17.1 Å². The maximum atomic E-state index is 13.7. The molecule has 0 bridgehead atoms. The molecule has 2 fully saturated rings. The van der Waals surface area contributed by atoms with Gasteiger partial charge in [-0.2, -0.15) is 0 Å². The van der Waals surface area contributed by atoms with E-state index in [1.807, 2.05) is 43.3 Å². The Morgan fingerprint density at radius 1 is 1.05 bits per heavy atom. The minimum atomic E-state index is -0.253. The Kier molecular flexibility index (Phi) is 8.79. The zero-order valence-corrected chi connectivity index (χ0v) is 23.4. The van der Waals surface area contributed by atoms with Gasteiger partial charge in [-0.3, -0.25) is 19.0 Å². The minimum Gasteiger partial charge on any atom is -0.494 e. The molecule has 1 saturated heterocycles. The van der Waals surface area contributed by atoms with Gasteiger partial charge in [-0.15, -0.1) is 0 Å². The van der Waals surface area contributed by atoms with Crippen LogP contribution >= 0.6 is 0 Å². The van der Waals surface area contributed by atoms with Gasteiger partial charge in [0.05, 0.1) is 30.0 Å². The second-order valence-corrected chi connectivity index (χ2v) is 10.7. The first-order chi connectivity index (χ1) is 19.4. The predicted molar refractivity (Wildman–Crippen MR) is 153 cm³/mol. The molecule has 0 spiro atoms. The highest BCUT2D eigenvalue weighted by Crippen LogP contribution is 2.26. The molecule has 0 N–H and O–H groups in total. The van der Waals surface area contributed by atoms with E-state index in [1.54, 1.807) is 24.1 Å². The van der Waals surface area contributed by atoms with Crippen molar-refractivity contribution in [2.45, 2.75) is 51.6 Å². The van der Waals surface area contributed by atoms with Gasteiger partial charge in [-0.25, -0.2) is 4.98 Å². The van der Waals surface area contributed by atoms with Crippen LogP contribution in [0.15, 0.2) is 53.3 Å². The normalized spacial score (nSPS) is 16.1. The number of amides is 1. The van der Waals surface area contributed by atoms with Crippen LogP contribution in [0.2, 0.25) is 0 Å². The van der Waals surface area contributed by atoms with Crippen LogP contribution in [-0.4, -0.2) is 77.2 Å². The first-order valence-corrected chi connectivity index (χ1v) is 14.3. The molecule has 40 heavy (non-hydrogen) atoms. The number of likely N-dealkylation sites (tertiary alicyclic amines) is 1. The monoisotopic (exact) mass is 546 g/mol. The number of aromatic nitrogens is 2. The number of carbonyl (C=O) groups is 2. The van der Waals surface area contributed by atoms with Crippen molar-refractivity contribution in [2.24, 2.45) is 5.92 Å². The maximum absolute atomic E-state index is 13.7. The highest BCUT2D eigenvalue weighted by molar-refractivity contribution is 5.83. The second kappa shape index (κ2) is 12.6. The van der Waals surface area contributed by atoms with Gasteiger partial charge in [0.2, 0.25) is 5.91 Å². The molecule has 9 nitrogen and oxygen atoms in total. The molecule has 9 heteroatoms. The van der Waals surface area contributed by atoms with Crippen LogP contribution in [0.3, 0.4) is 0 Å². The highest BCUT2D eigenvalue weighted by atomic mass is 16.5. The van der Waals surface area contributed by atoms with Gasteiger partial charge in [0.25, 0.3) is 5.56 Å². The molecule has 0 unspecified atom stereocenters. The third-order valence-electron chi connectivity index (χ3n) is 7.83. The van der Waals surface area contributed by atoms with E-state index < -0.39 is 0 Å². The number of rotatable bonds is 11. The zero-order chi connectivity index (χ0) is 28.1. The van der Waals surface area contributed by atoms with Crippen LogP contribution in [0.1, 0.15) is 39.0 Å². The average Bonchev–Trinajstić information content (AvgIpc) is 3.83. The molecule has 1 aromatic heterocycles. The van der Waals surface area contributed by atoms with Crippen molar-refractivity contribution < 1.29 is 19.1 Å². The van der Waals surface area contributed by atoms with Gasteiger partial charge in [0.15, 0.2) is 0 Å². The molecule has 1 saturated carbocycles.